The molecule has 0 bridgehead atoms. The van der Waals surface area contributed by atoms with Gasteiger partial charge in [-0.1, -0.05) is 6.07 Å². The van der Waals surface area contributed by atoms with Gasteiger partial charge in [-0.25, -0.2) is 4.98 Å². The standard InChI is InChI=1S/C19H25N3O/c1-14-4-5-18(12-15(14)2)19(23)21-9-6-17(7-10-21)13-22-11-8-20-16(22)3/h4-5,8,11-12,17H,6-7,9-10,13H2,1-3H3. The summed E-state index contributed by atoms with van der Waals surface area (Å²) < 4.78 is 2.21. The van der Waals surface area contributed by atoms with Crippen molar-refractivity contribution in [2.75, 3.05) is 13.1 Å². The van der Waals surface area contributed by atoms with Crippen molar-refractivity contribution < 1.29 is 4.79 Å². The molecule has 122 valence electrons. The van der Waals surface area contributed by atoms with E-state index in [9.17, 15) is 4.79 Å². The van der Waals surface area contributed by atoms with Gasteiger partial charge < -0.3 is 9.47 Å². The first-order valence-corrected chi connectivity index (χ1v) is 8.39. The van der Waals surface area contributed by atoms with Crippen molar-refractivity contribution in [2.45, 2.75) is 40.2 Å². The Balaban J connectivity index is 1.59. The summed E-state index contributed by atoms with van der Waals surface area (Å²) in [5, 5.41) is 0. The predicted molar refractivity (Wildman–Crippen MR) is 91.5 cm³/mol. The van der Waals surface area contributed by atoms with Crippen LogP contribution in [0.2, 0.25) is 0 Å². The molecule has 2 heterocycles. The van der Waals surface area contributed by atoms with Crippen molar-refractivity contribution >= 4 is 5.91 Å². The highest BCUT2D eigenvalue weighted by molar-refractivity contribution is 5.94. The summed E-state index contributed by atoms with van der Waals surface area (Å²) in [6, 6.07) is 6.00. The Morgan fingerprint density at radius 3 is 2.52 bits per heavy atom. The lowest BCUT2D eigenvalue weighted by molar-refractivity contribution is 0.0682. The zero-order valence-electron chi connectivity index (χ0n) is 14.2. The van der Waals surface area contributed by atoms with E-state index in [-0.39, 0.29) is 5.91 Å². The van der Waals surface area contributed by atoms with Crippen molar-refractivity contribution in [3.05, 3.63) is 53.1 Å². The van der Waals surface area contributed by atoms with E-state index in [0.29, 0.717) is 5.92 Å². The van der Waals surface area contributed by atoms with Gasteiger partial charge in [0.05, 0.1) is 0 Å². The molecule has 1 aliphatic heterocycles. The zero-order chi connectivity index (χ0) is 16.4. The van der Waals surface area contributed by atoms with Gasteiger partial charge in [0.2, 0.25) is 0 Å². The van der Waals surface area contributed by atoms with Gasteiger partial charge in [0.25, 0.3) is 5.91 Å². The number of aryl methyl sites for hydroxylation is 3. The van der Waals surface area contributed by atoms with Gasteiger partial charge in [-0.2, -0.15) is 0 Å². The third-order valence-corrected chi connectivity index (χ3v) is 5.03. The van der Waals surface area contributed by atoms with Gasteiger partial charge in [-0.15, -0.1) is 0 Å². The summed E-state index contributed by atoms with van der Waals surface area (Å²) in [6.45, 7) is 8.89. The molecule has 0 atom stereocenters. The van der Waals surface area contributed by atoms with Gasteiger partial charge in [0, 0.05) is 37.6 Å². The number of rotatable bonds is 3. The molecule has 1 aromatic heterocycles. The third kappa shape index (κ3) is 3.46. The van der Waals surface area contributed by atoms with Crippen molar-refractivity contribution in [1.29, 1.82) is 0 Å². The maximum absolute atomic E-state index is 12.7. The first-order valence-electron chi connectivity index (χ1n) is 8.39. The van der Waals surface area contributed by atoms with E-state index in [1.165, 1.54) is 11.1 Å². The first-order chi connectivity index (χ1) is 11.0. The lowest BCUT2D eigenvalue weighted by Crippen LogP contribution is -2.39. The molecule has 3 rings (SSSR count). The monoisotopic (exact) mass is 311 g/mol. The molecule has 0 spiro atoms. The Bertz CT molecular complexity index is 696. The summed E-state index contributed by atoms with van der Waals surface area (Å²) in [6.07, 6.45) is 6.03. The Kier molecular flexibility index (Phi) is 4.51. The predicted octanol–water partition coefficient (Wildman–Crippen LogP) is 3.36. The largest absolute Gasteiger partial charge is 0.339 e. The molecule has 1 aromatic carbocycles. The van der Waals surface area contributed by atoms with E-state index in [4.69, 9.17) is 0 Å². The van der Waals surface area contributed by atoms with Crippen LogP contribution < -0.4 is 0 Å². The second-order valence-corrected chi connectivity index (χ2v) is 6.66. The van der Waals surface area contributed by atoms with E-state index in [0.717, 1.165) is 43.9 Å². The topological polar surface area (TPSA) is 38.1 Å². The van der Waals surface area contributed by atoms with Crippen LogP contribution in [-0.4, -0.2) is 33.4 Å². The minimum atomic E-state index is 0.172. The van der Waals surface area contributed by atoms with Gasteiger partial charge in [0.1, 0.15) is 5.82 Å². The molecule has 1 amide bonds. The van der Waals surface area contributed by atoms with Crippen molar-refractivity contribution in [1.82, 2.24) is 14.5 Å². The third-order valence-electron chi connectivity index (χ3n) is 5.03. The molecule has 1 fully saturated rings. The number of hydrogen-bond acceptors (Lipinski definition) is 2. The molecule has 4 heteroatoms. The number of likely N-dealkylation sites (tertiary alicyclic amines) is 1. The van der Waals surface area contributed by atoms with Gasteiger partial charge in [0.15, 0.2) is 0 Å². The second kappa shape index (κ2) is 6.57. The fraction of sp³-hybridized carbons (Fsp3) is 0.474. The average molecular weight is 311 g/mol. The van der Waals surface area contributed by atoms with Crippen LogP contribution in [0.15, 0.2) is 30.6 Å². The van der Waals surface area contributed by atoms with Crippen LogP contribution in [0, 0.1) is 26.7 Å². The smallest absolute Gasteiger partial charge is 0.253 e. The molecule has 1 saturated heterocycles. The summed E-state index contributed by atoms with van der Waals surface area (Å²) >= 11 is 0. The number of hydrogen-bond donors (Lipinski definition) is 0. The van der Waals surface area contributed by atoms with Gasteiger partial charge >= 0.3 is 0 Å². The highest BCUT2D eigenvalue weighted by Gasteiger charge is 2.24. The summed E-state index contributed by atoms with van der Waals surface area (Å²) in [5.41, 5.74) is 3.23. The number of amides is 1. The fourth-order valence-electron chi connectivity index (χ4n) is 3.25. The summed E-state index contributed by atoms with van der Waals surface area (Å²) in [7, 11) is 0. The lowest BCUT2D eigenvalue weighted by atomic mass is 9.96. The normalized spacial score (nSPS) is 15.9. The van der Waals surface area contributed by atoms with Crippen molar-refractivity contribution in [3.8, 4) is 0 Å². The fourth-order valence-corrected chi connectivity index (χ4v) is 3.25. The number of nitrogens with zero attached hydrogens (tertiary/aromatic N) is 3. The van der Waals surface area contributed by atoms with Crippen molar-refractivity contribution in [2.24, 2.45) is 5.92 Å². The van der Waals surface area contributed by atoms with Crippen LogP contribution in [0.4, 0.5) is 0 Å². The van der Waals surface area contributed by atoms with E-state index >= 15 is 0 Å². The number of imidazole rings is 1. The van der Waals surface area contributed by atoms with Gasteiger partial charge in [-0.05, 0) is 62.8 Å². The van der Waals surface area contributed by atoms with Crippen LogP contribution in [0.1, 0.15) is 40.2 Å². The van der Waals surface area contributed by atoms with E-state index in [1.807, 2.05) is 42.4 Å². The Labute approximate surface area is 138 Å². The molecular weight excluding hydrogens is 286 g/mol. The van der Waals surface area contributed by atoms with Crippen LogP contribution >= 0.6 is 0 Å². The van der Waals surface area contributed by atoms with Crippen molar-refractivity contribution in [3.63, 3.8) is 0 Å². The molecule has 23 heavy (non-hydrogen) atoms. The first kappa shape index (κ1) is 15.8. The number of benzene rings is 1. The Hall–Kier alpha value is -2.10. The Morgan fingerprint density at radius 1 is 1.17 bits per heavy atom. The molecule has 0 radical (unpaired) electrons. The molecule has 0 N–H and O–H groups in total. The van der Waals surface area contributed by atoms with Crippen LogP contribution in [0.25, 0.3) is 0 Å². The number of aromatic nitrogens is 2. The van der Waals surface area contributed by atoms with Crippen LogP contribution in [-0.2, 0) is 6.54 Å². The van der Waals surface area contributed by atoms with E-state index in [1.54, 1.807) is 0 Å². The minimum Gasteiger partial charge on any atom is -0.339 e. The lowest BCUT2D eigenvalue weighted by Gasteiger charge is -2.32. The molecule has 0 unspecified atom stereocenters. The zero-order valence-corrected chi connectivity index (χ0v) is 14.2. The quantitative estimate of drug-likeness (QED) is 0.872. The molecule has 2 aromatic rings. The van der Waals surface area contributed by atoms with E-state index in [2.05, 4.69) is 23.4 Å². The highest BCUT2D eigenvalue weighted by Crippen LogP contribution is 2.22. The average Bonchev–Trinajstić information content (AvgIpc) is 2.95. The second-order valence-electron chi connectivity index (χ2n) is 6.66. The minimum absolute atomic E-state index is 0.172. The maximum atomic E-state index is 12.7. The molecule has 1 aliphatic rings. The molecule has 0 saturated carbocycles. The number of carbonyl (C=O) groups is 1. The highest BCUT2D eigenvalue weighted by atomic mass is 16.2. The molecule has 0 aliphatic carbocycles. The van der Waals surface area contributed by atoms with Crippen LogP contribution in [0.5, 0.6) is 0 Å². The molecular formula is C19H25N3O. The summed E-state index contributed by atoms with van der Waals surface area (Å²) in [4.78, 5) is 18.9. The Morgan fingerprint density at radius 2 is 1.91 bits per heavy atom. The SMILES string of the molecule is Cc1ccc(C(=O)N2CCC(Cn3ccnc3C)CC2)cc1C. The number of carbonyl (C=O) groups excluding carboxylic acids is 1. The summed E-state index contributed by atoms with van der Waals surface area (Å²) in [5.74, 6) is 1.87. The number of piperidine rings is 1. The van der Waals surface area contributed by atoms with Gasteiger partial charge in [-0.3, -0.25) is 4.79 Å². The maximum Gasteiger partial charge on any atom is 0.253 e. The van der Waals surface area contributed by atoms with Crippen LogP contribution in [0.3, 0.4) is 0 Å². The molecule has 4 nitrogen and oxygen atoms in total. The van der Waals surface area contributed by atoms with E-state index < -0.39 is 0 Å².